The quantitative estimate of drug-likeness (QED) is 0.856. The number of nitrogens with two attached hydrogens (primary N) is 1. The van der Waals surface area contributed by atoms with Gasteiger partial charge < -0.3 is 19.7 Å². The Bertz CT molecular complexity index is 637. The zero-order valence-corrected chi connectivity index (χ0v) is 14.0. The molecule has 2 aromatic rings. The van der Waals surface area contributed by atoms with Gasteiger partial charge in [-0.15, -0.1) is 0 Å². The Kier molecular flexibility index (Phi) is 5.37. The minimum Gasteiger partial charge on any atom is -0.473 e. The minimum absolute atomic E-state index is 0.128. The van der Waals surface area contributed by atoms with Crippen LogP contribution in [0.3, 0.4) is 0 Å². The molecule has 1 atom stereocenters. The van der Waals surface area contributed by atoms with Gasteiger partial charge in [-0.2, -0.15) is 4.98 Å². The van der Waals surface area contributed by atoms with Gasteiger partial charge in [-0.1, -0.05) is 19.0 Å². The van der Waals surface area contributed by atoms with Crippen LogP contribution in [0.1, 0.15) is 45.0 Å². The molecule has 8 nitrogen and oxygen atoms in total. The number of nitrogens with zero attached hydrogens (tertiary/aromatic N) is 4. The van der Waals surface area contributed by atoms with Crippen molar-refractivity contribution < 1.29 is 14.0 Å². The first-order valence-electron chi connectivity index (χ1n) is 8.28. The smallest absolute Gasteiger partial charge is 0.278 e. The van der Waals surface area contributed by atoms with Gasteiger partial charge in [0.1, 0.15) is 11.8 Å². The van der Waals surface area contributed by atoms with E-state index in [1.807, 2.05) is 0 Å². The van der Waals surface area contributed by atoms with Gasteiger partial charge in [-0.05, 0) is 12.3 Å². The summed E-state index contributed by atoms with van der Waals surface area (Å²) in [5.74, 6) is 1.75. The lowest BCUT2D eigenvalue weighted by atomic mass is 10.0. The van der Waals surface area contributed by atoms with Crippen LogP contribution in [-0.4, -0.2) is 39.4 Å². The van der Waals surface area contributed by atoms with E-state index in [0.29, 0.717) is 29.2 Å². The van der Waals surface area contributed by atoms with Gasteiger partial charge in [0.15, 0.2) is 5.82 Å². The van der Waals surface area contributed by atoms with E-state index in [4.69, 9.17) is 19.7 Å². The predicted molar refractivity (Wildman–Crippen MR) is 86.2 cm³/mol. The van der Waals surface area contributed by atoms with Crippen LogP contribution in [-0.2, 0) is 4.74 Å². The van der Waals surface area contributed by atoms with Crippen molar-refractivity contribution in [1.82, 2.24) is 20.1 Å². The molecule has 130 valence electrons. The summed E-state index contributed by atoms with van der Waals surface area (Å²) in [7, 11) is 0. The molecule has 2 N–H and O–H groups in total. The molecule has 1 fully saturated rings. The normalized spacial score (nSPS) is 17.2. The van der Waals surface area contributed by atoms with Crippen LogP contribution >= 0.6 is 0 Å². The fraction of sp³-hybridized carbons (Fsp3) is 0.625. The lowest BCUT2D eigenvalue weighted by Gasteiger charge is -2.22. The summed E-state index contributed by atoms with van der Waals surface area (Å²) in [6.45, 7) is 5.64. The van der Waals surface area contributed by atoms with Crippen LogP contribution in [0.4, 0.5) is 0 Å². The third-order valence-electron chi connectivity index (χ3n) is 3.80. The van der Waals surface area contributed by atoms with Crippen molar-refractivity contribution in [3.05, 3.63) is 18.2 Å². The van der Waals surface area contributed by atoms with Crippen LogP contribution in [0.15, 0.2) is 16.9 Å². The molecule has 0 spiro atoms. The standard InChI is InChI=1S/C16H23N5O3/c1-10(2)7-12(17)15-20-16(24-21-15)13-8-19-14(9-18-13)23-11-3-5-22-6-4-11/h8-12H,3-7,17H2,1-2H3. The van der Waals surface area contributed by atoms with Crippen molar-refractivity contribution in [3.63, 3.8) is 0 Å². The van der Waals surface area contributed by atoms with Gasteiger partial charge in [-0.25, -0.2) is 9.97 Å². The number of rotatable bonds is 6. The highest BCUT2D eigenvalue weighted by molar-refractivity contribution is 5.44. The molecule has 2 aromatic heterocycles. The Morgan fingerprint density at radius 2 is 2.04 bits per heavy atom. The topological polar surface area (TPSA) is 109 Å². The molecule has 0 radical (unpaired) electrons. The maximum atomic E-state index is 6.06. The highest BCUT2D eigenvalue weighted by Gasteiger charge is 2.19. The van der Waals surface area contributed by atoms with Gasteiger partial charge in [0, 0.05) is 12.8 Å². The number of hydrogen-bond donors (Lipinski definition) is 1. The van der Waals surface area contributed by atoms with Crippen molar-refractivity contribution in [2.24, 2.45) is 11.7 Å². The highest BCUT2D eigenvalue weighted by atomic mass is 16.5. The van der Waals surface area contributed by atoms with Crippen LogP contribution in [0.2, 0.25) is 0 Å². The van der Waals surface area contributed by atoms with Gasteiger partial charge in [-0.3, -0.25) is 0 Å². The Hall–Kier alpha value is -2.06. The maximum absolute atomic E-state index is 6.06. The summed E-state index contributed by atoms with van der Waals surface area (Å²) in [5, 5.41) is 3.94. The van der Waals surface area contributed by atoms with Gasteiger partial charge in [0.05, 0.1) is 31.6 Å². The molecule has 1 saturated heterocycles. The lowest BCUT2D eigenvalue weighted by Crippen LogP contribution is -2.26. The number of aromatic nitrogens is 4. The zero-order chi connectivity index (χ0) is 16.9. The van der Waals surface area contributed by atoms with Crippen molar-refractivity contribution in [2.75, 3.05) is 13.2 Å². The number of hydrogen-bond acceptors (Lipinski definition) is 8. The van der Waals surface area contributed by atoms with Gasteiger partial charge in [0.2, 0.25) is 5.88 Å². The molecule has 8 heteroatoms. The molecule has 0 bridgehead atoms. The summed E-state index contributed by atoms with van der Waals surface area (Å²) in [6.07, 6.45) is 5.79. The Morgan fingerprint density at radius 3 is 2.71 bits per heavy atom. The number of ether oxygens (including phenoxy) is 2. The SMILES string of the molecule is CC(C)CC(N)c1noc(-c2cnc(OC3CCOCC3)cn2)n1. The largest absolute Gasteiger partial charge is 0.473 e. The van der Waals surface area contributed by atoms with Crippen LogP contribution in [0.5, 0.6) is 5.88 Å². The lowest BCUT2D eigenvalue weighted by molar-refractivity contribution is 0.0236. The van der Waals surface area contributed by atoms with Crippen LogP contribution in [0.25, 0.3) is 11.6 Å². The molecule has 3 heterocycles. The second kappa shape index (κ2) is 7.67. The molecule has 1 aliphatic rings. The van der Waals surface area contributed by atoms with Crippen molar-refractivity contribution in [2.45, 2.75) is 45.3 Å². The van der Waals surface area contributed by atoms with Crippen molar-refractivity contribution in [1.29, 1.82) is 0 Å². The molecule has 0 aliphatic carbocycles. The second-order valence-corrected chi connectivity index (χ2v) is 6.36. The van der Waals surface area contributed by atoms with E-state index in [-0.39, 0.29) is 12.1 Å². The fourth-order valence-electron chi connectivity index (χ4n) is 2.55. The molecule has 1 unspecified atom stereocenters. The Balaban J connectivity index is 1.64. The minimum atomic E-state index is -0.244. The molecule has 24 heavy (non-hydrogen) atoms. The first-order chi connectivity index (χ1) is 11.6. The van der Waals surface area contributed by atoms with E-state index in [0.717, 1.165) is 32.5 Å². The third-order valence-corrected chi connectivity index (χ3v) is 3.80. The van der Waals surface area contributed by atoms with Crippen LogP contribution in [0, 0.1) is 5.92 Å². The molecule has 0 aromatic carbocycles. The van der Waals surface area contributed by atoms with E-state index in [2.05, 4.69) is 34.0 Å². The molecule has 0 amide bonds. The Morgan fingerprint density at radius 1 is 1.25 bits per heavy atom. The Labute approximate surface area is 140 Å². The molecular weight excluding hydrogens is 310 g/mol. The first kappa shape index (κ1) is 16.8. The summed E-state index contributed by atoms with van der Waals surface area (Å²) < 4.78 is 16.3. The average Bonchev–Trinajstić information content (AvgIpc) is 3.06. The van der Waals surface area contributed by atoms with Crippen molar-refractivity contribution in [3.8, 4) is 17.5 Å². The zero-order valence-electron chi connectivity index (χ0n) is 14.0. The van der Waals surface area contributed by atoms with Gasteiger partial charge >= 0.3 is 0 Å². The average molecular weight is 333 g/mol. The monoisotopic (exact) mass is 333 g/mol. The maximum Gasteiger partial charge on any atom is 0.278 e. The fourth-order valence-corrected chi connectivity index (χ4v) is 2.55. The summed E-state index contributed by atoms with van der Waals surface area (Å²) in [6, 6.07) is -0.244. The summed E-state index contributed by atoms with van der Waals surface area (Å²) >= 11 is 0. The third kappa shape index (κ3) is 4.27. The summed E-state index contributed by atoms with van der Waals surface area (Å²) in [5.41, 5.74) is 6.57. The van der Waals surface area contributed by atoms with E-state index in [9.17, 15) is 0 Å². The summed E-state index contributed by atoms with van der Waals surface area (Å²) in [4.78, 5) is 12.9. The van der Waals surface area contributed by atoms with E-state index in [1.165, 1.54) is 0 Å². The van der Waals surface area contributed by atoms with E-state index < -0.39 is 0 Å². The van der Waals surface area contributed by atoms with Crippen LogP contribution < -0.4 is 10.5 Å². The van der Waals surface area contributed by atoms with Gasteiger partial charge in [0.25, 0.3) is 5.89 Å². The second-order valence-electron chi connectivity index (χ2n) is 6.36. The van der Waals surface area contributed by atoms with E-state index >= 15 is 0 Å². The van der Waals surface area contributed by atoms with E-state index in [1.54, 1.807) is 12.4 Å². The molecular formula is C16H23N5O3. The first-order valence-corrected chi connectivity index (χ1v) is 8.28. The predicted octanol–water partition coefficient (Wildman–Crippen LogP) is 2.13. The van der Waals surface area contributed by atoms with Crippen molar-refractivity contribution >= 4 is 0 Å². The highest BCUT2D eigenvalue weighted by Crippen LogP contribution is 2.21. The molecule has 1 aliphatic heterocycles. The molecule has 0 saturated carbocycles. The molecule has 3 rings (SSSR count).